The van der Waals surface area contributed by atoms with Gasteiger partial charge in [0, 0.05) is 20.6 Å². The van der Waals surface area contributed by atoms with Crippen LogP contribution in [0.2, 0.25) is 0 Å². The van der Waals surface area contributed by atoms with Crippen LogP contribution in [0.15, 0.2) is 12.4 Å². The van der Waals surface area contributed by atoms with Gasteiger partial charge in [0.05, 0.1) is 18.3 Å². The van der Waals surface area contributed by atoms with E-state index < -0.39 is 0 Å². The monoisotopic (exact) mass is 233 g/mol. The third-order valence-corrected chi connectivity index (χ3v) is 2.39. The van der Waals surface area contributed by atoms with Gasteiger partial charge in [-0.25, -0.2) is 9.97 Å². The first-order valence-corrected chi connectivity index (χ1v) is 5.23. The van der Waals surface area contributed by atoms with Gasteiger partial charge >= 0.3 is 0 Å². The van der Waals surface area contributed by atoms with Crippen LogP contribution in [0.3, 0.4) is 0 Å². The summed E-state index contributed by atoms with van der Waals surface area (Å²) in [6, 6.07) is 1.90. The molecule has 17 heavy (non-hydrogen) atoms. The zero-order valence-corrected chi connectivity index (χ0v) is 10.1. The fraction of sp³-hybridized carbons (Fsp3) is 0.455. The van der Waals surface area contributed by atoms with Crippen LogP contribution < -0.4 is 10.2 Å². The Morgan fingerprint density at radius 3 is 2.76 bits per heavy atom. The second kappa shape index (κ2) is 5.80. The van der Waals surface area contributed by atoms with Crippen LogP contribution >= 0.6 is 0 Å². The molecular formula is C11H15N5O. The number of amides is 1. The molecule has 6 nitrogen and oxygen atoms in total. The fourth-order valence-corrected chi connectivity index (χ4v) is 1.41. The highest BCUT2D eigenvalue weighted by molar-refractivity contribution is 5.78. The molecule has 1 heterocycles. The average Bonchev–Trinajstić information content (AvgIpc) is 2.37. The molecule has 90 valence electrons. The van der Waals surface area contributed by atoms with E-state index in [9.17, 15) is 4.79 Å². The summed E-state index contributed by atoms with van der Waals surface area (Å²) >= 11 is 0. The van der Waals surface area contributed by atoms with Crippen molar-refractivity contribution in [3.63, 3.8) is 0 Å². The molecule has 0 bridgehead atoms. The molecule has 1 aromatic heterocycles. The first kappa shape index (κ1) is 12.9. The lowest BCUT2D eigenvalue weighted by atomic mass is 10.1. The van der Waals surface area contributed by atoms with Crippen LogP contribution in [0.1, 0.15) is 12.6 Å². The van der Waals surface area contributed by atoms with Crippen molar-refractivity contribution in [2.45, 2.75) is 6.92 Å². The number of hydrogen-bond donors (Lipinski definition) is 1. The number of hydrogen-bond acceptors (Lipinski definition) is 5. The fourth-order valence-electron chi connectivity index (χ4n) is 1.41. The van der Waals surface area contributed by atoms with E-state index in [4.69, 9.17) is 5.26 Å². The van der Waals surface area contributed by atoms with Crippen molar-refractivity contribution in [1.29, 1.82) is 5.26 Å². The Balaban J connectivity index is 2.66. The number of rotatable bonds is 4. The van der Waals surface area contributed by atoms with Gasteiger partial charge in [-0.15, -0.1) is 0 Å². The zero-order chi connectivity index (χ0) is 12.8. The van der Waals surface area contributed by atoms with E-state index in [0.29, 0.717) is 12.4 Å². The van der Waals surface area contributed by atoms with Crippen molar-refractivity contribution in [2.75, 3.05) is 25.5 Å². The number of nitriles is 1. The van der Waals surface area contributed by atoms with Crippen molar-refractivity contribution in [2.24, 2.45) is 5.92 Å². The predicted octanol–water partition coefficient (Wildman–Crippen LogP) is 0.167. The molecule has 0 aromatic carbocycles. The largest absolute Gasteiger partial charge is 0.359 e. The maximum atomic E-state index is 11.4. The molecule has 0 saturated heterocycles. The van der Waals surface area contributed by atoms with Crippen molar-refractivity contribution >= 4 is 11.7 Å². The molecule has 6 heteroatoms. The van der Waals surface area contributed by atoms with E-state index in [1.54, 1.807) is 7.05 Å². The third-order valence-electron chi connectivity index (χ3n) is 2.39. The molecular weight excluding hydrogens is 218 g/mol. The van der Waals surface area contributed by atoms with Gasteiger partial charge in [-0.3, -0.25) is 4.79 Å². The lowest BCUT2D eigenvalue weighted by Crippen LogP contribution is -2.34. The van der Waals surface area contributed by atoms with Gasteiger partial charge < -0.3 is 10.2 Å². The van der Waals surface area contributed by atoms with E-state index >= 15 is 0 Å². The topological polar surface area (TPSA) is 81.9 Å². The van der Waals surface area contributed by atoms with Crippen LogP contribution in [0, 0.1) is 17.2 Å². The Hall–Kier alpha value is -2.16. The summed E-state index contributed by atoms with van der Waals surface area (Å²) < 4.78 is 0. The number of nitrogens with zero attached hydrogens (tertiary/aromatic N) is 4. The predicted molar refractivity (Wildman–Crippen MR) is 63.2 cm³/mol. The Morgan fingerprint density at radius 1 is 1.59 bits per heavy atom. The van der Waals surface area contributed by atoms with Crippen LogP contribution in [-0.4, -0.2) is 36.5 Å². The second-order valence-electron chi connectivity index (χ2n) is 3.77. The minimum absolute atomic E-state index is 0.0153. The molecule has 0 fully saturated rings. The molecule has 1 aromatic rings. The molecule has 1 N–H and O–H groups in total. The van der Waals surface area contributed by atoms with Crippen LogP contribution in [-0.2, 0) is 4.79 Å². The van der Waals surface area contributed by atoms with Gasteiger partial charge in [-0.2, -0.15) is 5.26 Å². The smallest absolute Gasteiger partial charge is 0.224 e. The van der Waals surface area contributed by atoms with Gasteiger partial charge in [0.2, 0.25) is 5.91 Å². The summed E-state index contributed by atoms with van der Waals surface area (Å²) in [5, 5.41) is 11.2. The summed E-state index contributed by atoms with van der Waals surface area (Å²) in [6.45, 7) is 2.38. The van der Waals surface area contributed by atoms with Crippen molar-refractivity contribution in [3.05, 3.63) is 18.1 Å². The molecule has 1 amide bonds. The molecule has 1 atom stereocenters. The minimum atomic E-state index is -0.137. The van der Waals surface area contributed by atoms with Crippen molar-refractivity contribution in [1.82, 2.24) is 15.3 Å². The Kier molecular flexibility index (Phi) is 4.40. The highest BCUT2D eigenvalue weighted by atomic mass is 16.1. The molecule has 0 aliphatic heterocycles. The van der Waals surface area contributed by atoms with Gasteiger partial charge in [0.25, 0.3) is 0 Å². The van der Waals surface area contributed by atoms with Gasteiger partial charge in [0.1, 0.15) is 11.9 Å². The van der Waals surface area contributed by atoms with Crippen molar-refractivity contribution < 1.29 is 4.79 Å². The van der Waals surface area contributed by atoms with Crippen molar-refractivity contribution in [3.8, 4) is 6.07 Å². The normalized spacial score (nSPS) is 11.4. The maximum absolute atomic E-state index is 11.4. The summed E-state index contributed by atoms with van der Waals surface area (Å²) in [4.78, 5) is 21.2. The number of carbonyl (C=O) groups excluding carboxylic acids is 1. The molecule has 1 rings (SSSR count). The maximum Gasteiger partial charge on any atom is 0.224 e. The highest BCUT2D eigenvalue weighted by Gasteiger charge is 2.14. The molecule has 0 saturated carbocycles. The molecule has 0 aliphatic carbocycles. The van der Waals surface area contributed by atoms with Crippen LogP contribution in [0.25, 0.3) is 0 Å². The van der Waals surface area contributed by atoms with E-state index in [2.05, 4.69) is 15.3 Å². The number of carbonyl (C=O) groups is 1. The second-order valence-corrected chi connectivity index (χ2v) is 3.77. The van der Waals surface area contributed by atoms with Gasteiger partial charge in [-0.05, 0) is 0 Å². The summed E-state index contributed by atoms with van der Waals surface area (Å²) in [7, 11) is 3.44. The molecule has 0 aliphatic rings. The first-order chi connectivity index (χ1) is 8.08. The third kappa shape index (κ3) is 3.41. The average molecular weight is 233 g/mol. The minimum Gasteiger partial charge on any atom is -0.359 e. The quantitative estimate of drug-likeness (QED) is 0.801. The summed E-state index contributed by atoms with van der Waals surface area (Å²) in [5.41, 5.74) is 0.279. The van der Waals surface area contributed by atoms with E-state index in [0.717, 1.165) is 0 Å². The standard InChI is InChI=1S/C11H15N5O/c1-8(11(17)13-2)7-16(3)10-6-14-9(4-12)5-15-10/h5-6,8H,7H2,1-3H3,(H,13,17). The number of aromatic nitrogens is 2. The number of nitrogens with one attached hydrogen (secondary N) is 1. The summed E-state index contributed by atoms with van der Waals surface area (Å²) in [6.07, 6.45) is 2.94. The van der Waals surface area contributed by atoms with Crippen LogP contribution in [0.5, 0.6) is 0 Å². The lowest BCUT2D eigenvalue weighted by Gasteiger charge is -2.21. The summed E-state index contributed by atoms with van der Waals surface area (Å²) in [5.74, 6) is 0.487. The zero-order valence-electron chi connectivity index (χ0n) is 10.1. The molecule has 1 unspecified atom stereocenters. The van der Waals surface area contributed by atoms with E-state index in [-0.39, 0.29) is 17.5 Å². The van der Waals surface area contributed by atoms with E-state index in [1.165, 1.54) is 12.4 Å². The van der Waals surface area contributed by atoms with E-state index in [1.807, 2.05) is 24.9 Å². The highest BCUT2D eigenvalue weighted by Crippen LogP contribution is 2.09. The Bertz CT molecular complexity index is 422. The van der Waals surface area contributed by atoms with Crippen LogP contribution in [0.4, 0.5) is 5.82 Å². The molecule has 0 radical (unpaired) electrons. The number of anilines is 1. The Labute approximate surface area is 100 Å². The lowest BCUT2D eigenvalue weighted by molar-refractivity contribution is -0.123. The van der Waals surface area contributed by atoms with Gasteiger partial charge in [0.15, 0.2) is 5.69 Å². The Morgan fingerprint density at radius 2 is 2.29 bits per heavy atom. The van der Waals surface area contributed by atoms with Gasteiger partial charge in [-0.1, -0.05) is 6.92 Å². The molecule has 0 spiro atoms. The first-order valence-electron chi connectivity index (χ1n) is 5.23. The SMILES string of the molecule is CNC(=O)C(C)CN(C)c1cnc(C#N)cn1.